The summed E-state index contributed by atoms with van der Waals surface area (Å²) in [5.41, 5.74) is 7.16. The van der Waals surface area contributed by atoms with Gasteiger partial charge in [0.1, 0.15) is 11.3 Å². The van der Waals surface area contributed by atoms with Gasteiger partial charge in [0, 0.05) is 7.05 Å². The van der Waals surface area contributed by atoms with Gasteiger partial charge < -0.3 is 15.6 Å². The molecule has 2 rings (SSSR count). The van der Waals surface area contributed by atoms with Crippen LogP contribution in [0.1, 0.15) is 21.7 Å². The lowest BCUT2D eigenvalue weighted by molar-refractivity contribution is 0.0693. The molecule has 2 aromatic rings. The number of aromatic nitrogens is 3. The minimum Gasteiger partial charge on any atom is -0.477 e. The molecule has 0 spiro atoms. The number of hydrogen-bond donors (Lipinski definition) is 2. The summed E-state index contributed by atoms with van der Waals surface area (Å²) in [7, 11) is 1.78. The normalized spacial score (nSPS) is 10.5. The Bertz CT molecular complexity index is 649. The molecular weight excluding hydrogens is 248 g/mol. The fourth-order valence-corrected chi connectivity index (χ4v) is 1.70. The first kappa shape index (κ1) is 12.9. The van der Waals surface area contributed by atoms with E-state index in [1.807, 2.05) is 6.92 Å². The Labute approximate surface area is 109 Å². The molecular formula is C12H14N4O3. The van der Waals surface area contributed by atoms with Crippen LogP contribution in [-0.4, -0.2) is 25.8 Å². The third-order valence-corrected chi connectivity index (χ3v) is 2.74. The van der Waals surface area contributed by atoms with Crippen LogP contribution in [0.5, 0.6) is 11.6 Å². The number of nitrogens with two attached hydrogens (primary N) is 1. The second-order valence-electron chi connectivity index (χ2n) is 4.15. The van der Waals surface area contributed by atoms with Crippen molar-refractivity contribution in [3.05, 3.63) is 29.2 Å². The Hall–Kier alpha value is -2.57. The maximum atomic E-state index is 11.1. The van der Waals surface area contributed by atoms with Crippen LogP contribution in [0, 0.1) is 13.8 Å². The van der Waals surface area contributed by atoms with E-state index in [0.717, 1.165) is 5.69 Å². The third-order valence-electron chi connectivity index (χ3n) is 2.74. The number of carbonyl (C=O) groups is 1. The van der Waals surface area contributed by atoms with E-state index in [1.165, 1.54) is 12.3 Å². The Morgan fingerprint density at radius 2 is 2.16 bits per heavy atom. The molecule has 19 heavy (non-hydrogen) atoms. The summed E-state index contributed by atoms with van der Waals surface area (Å²) in [5, 5.41) is 13.3. The zero-order valence-corrected chi connectivity index (χ0v) is 10.8. The summed E-state index contributed by atoms with van der Waals surface area (Å²) in [6, 6.07) is 1.31. The lowest BCUT2D eigenvalue weighted by atomic mass is 10.2. The van der Waals surface area contributed by atoms with Gasteiger partial charge in [-0.15, -0.1) is 0 Å². The molecule has 0 saturated carbocycles. The monoisotopic (exact) mass is 262 g/mol. The highest BCUT2D eigenvalue weighted by molar-refractivity contribution is 5.91. The quantitative estimate of drug-likeness (QED) is 0.868. The number of hydrogen-bond acceptors (Lipinski definition) is 5. The summed E-state index contributed by atoms with van der Waals surface area (Å²) in [6.07, 6.45) is 1.35. The molecule has 3 N–H and O–H groups in total. The largest absolute Gasteiger partial charge is 0.477 e. The van der Waals surface area contributed by atoms with Gasteiger partial charge in [0.05, 0.1) is 17.6 Å². The number of aryl methyl sites for hydroxylation is 2. The van der Waals surface area contributed by atoms with E-state index in [2.05, 4.69) is 10.1 Å². The van der Waals surface area contributed by atoms with Crippen LogP contribution in [0.3, 0.4) is 0 Å². The van der Waals surface area contributed by atoms with Crippen LogP contribution in [-0.2, 0) is 7.05 Å². The first-order chi connectivity index (χ1) is 8.90. The molecule has 0 aliphatic rings. The average Bonchev–Trinajstić information content (AvgIpc) is 2.57. The van der Waals surface area contributed by atoms with Crippen molar-refractivity contribution in [2.45, 2.75) is 13.8 Å². The molecule has 100 valence electrons. The van der Waals surface area contributed by atoms with Gasteiger partial charge in [-0.25, -0.2) is 9.78 Å². The first-order valence-corrected chi connectivity index (χ1v) is 5.57. The van der Waals surface area contributed by atoms with E-state index in [0.29, 0.717) is 11.4 Å². The first-order valence-electron chi connectivity index (χ1n) is 5.57. The van der Waals surface area contributed by atoms with Gasteiger partial charge in [0.15, 0.2) is 5.75 Å². The fourth-order valence-electron chi connectivity index (χ4n) is 1.70. The van der Waals surface area contributed by atoms with Crippen molar-refractivity contribution in [3.63, 3.8) is 0 Å². The van der Waals surface area contributed by atoms with Gasteiger partial charge in [-0.3, -0.25) is 4.68 Å². The highest BCUT2D eigenvalue weighted by Gasteiger charge is 2.18. The number of carboxylic acid groups (broad SMARTS) is 1. The van der Waals surface area contributed by atoms with Crippen LogP contribution in [0.2, 0.25) is 0 Å². The molecule has 0 aliphatic heterocycles. The van der Waals surface area contributed by atoms with Crippen LogP contribution in [0.4, 0.5) is 5.69 Å². The average molecular weight is 262 g/mol. The molecule has 0 radical (unpaired) electrons. The maximum Gasteiger partial charge on any atom is 0.341 e. The van der Waals surface area contributed by atoms with E-state index < -0.39 is 5.97 Å². The predicted molar refractivity (Wildman–Crippen MR) is 68.4 cm³/mol. The minimum absolute atomic E-state index is 0.000833. The van der Waals surface area contributed by atoms with Crippen LogP contribution >= 0.6 is 0 Å². The topological polar surface area (TPSA) is 103 Å². The van der Waals surface area contributed by atoms with Crippen molar-refractivity contribution < 1.29 is 14.6 Å². The van der Waals surface area contributed by atoms with E-state index in [9.17, 15) is 4.79 Å². The molecule has 7 nitrogen and oxygen atoms in total. The number of aromatic carboxylic acids is 1. The number of pyridine rings is 1. The molecule has 0 bridgehead atoms. The number of rotatable bonds is 3. The van der Waals surface area contributed by atoms with Crippen LogP contribution in [0.25, 0.3) is 0 Å². The van der Waals surface area contributed by atoms with E-state index in [-0.39, 0.29) is 17.1 Å². The lowest BCUT2D eigenvalue weighted by Gasteiger charge is -2.08. The van der Waals surface area contributed by atoms with Crippen molar-refractivity contribution in [2.75, 3.05) is 5.73 Å². The molecule has 0 atom stereocenters. The maximum absolute atomic E-state index is 11.1. The molecule has 7 heteroatoms. The lowest BCUT2D eigenvalue weighted by Crippen LogP contribution is -2.04. The zero-order chi connectivity index (χ0) is 14.2. The van der Waals surface area contributed by atoms with Crippen molar-refractivity contribution in [2.24, 2.45) is 7.05 Å². The highest BCUT2D eigenvalue weighted by atomic mass is 16.5. The number of ether oxygens (including phenoxy) is 1. The van der Waals surface area contributed by atoms with Gasteiger partial charge >= 0.3 is 5.97 Å². The Morgan fingerprint density at radius 3 is 2.68 bits per heavy atom. The number of carboxylic acids is 1. The molecule has 0 saturated heterocycles. The van der Waals surface area contributed by atoms with E-state index in [1.54, 1.807) is 18.7 Å². The van der Waals surface area contributed by atoms with Gasteiger partial charge in [-0.05, 0) is 19.9 Å². The van der Waals surface area contributed by atoms with Crippen molar-refractivity contribution >= 4 is 11.7 Å². The van der Waals surface area contributed by atoms with E-state index in [4.69, 9.17) is 15.6 Å². The highest BCUT2D eigenvalue weighted by Crippen LogP contribution is 2.29. The molecule has 0 aliphatic carbocycles. The van der Waals surface area contributed by atoms with Gasteiger partial charge in [-0.2, -0.15) is 5.10 Å². The molecule has 0 aromatic carbocycles. The number of anilines is 1. The van der Waals surface area contributed by atoms with Crippen molar-refractivity contribution in [3.8, 4) is 11.6 Å². The zero-order valence-electron chi connectivity index (χ0n) is 10.8. The second kappa shape index (κ2) is 4.60. The fraction of sp³-hybridized carbons (Fsp3) is 0.250. The molecule has 2 aromatic heterocycles. The summed E-state index contributed by atoms with van der Waals surface area (Å²) in [4.78, 5) is 15.1. The number of nitrogen functional groups attached to an aromatic ring is 1. The van der Waals surface area contributed by atoms with Crippen LogP contribution in [0.15, 0.2) is 12.3 Å². The van der Waals surface area contributed by atoms with Gasteiger partial charge in [0.25, 0.3) is 0 Å². The van der Waals surface area contributed by atoms with Crippen molar-refractivity contribution in [1.29, 1.82) is 0 Å². The predicted octanol–water partition coefficient (Wildman–Crippen LogP) is 1.50. The number of nitrogens with zero attached hydrogens (tertiary/aromatic N) is 3. The SMILES string of the molecule is Cc1nn(C)c(C)c1Oc1ncc(N)cc1C(=O)O. The summed E-state index contributed by atoms with van der Waals surface area (Å²) in [6.45, 7) is 3.60. The molecule has 0 unspecified atom stereocenters. The van der Waals surface area contributed by atoms with Crippen LogP contribution < -0.4 is 10.5 Å². The van der Waals surface area contributed by atoms with Gasteiger partial charge in [-0.1, -0.05) is 0 Å². The van der Waals surface area contributed by atoms with Crippen molar-refractivity contribution in [1.82, 2.24) is 14.8 Å². The standard InChI is InChI=1S/C12H14N4O3/c1-6-10(7(2)16(3)15-6)19-11-9(12(17)18)4-8(13)5-14-11/h4-5H,13H2,1-3H3,(H,17,18). The summed E-state index contributed by atoms with van der Waals surface area (Å²) < 4.78 is 7.23. The minimum atomic E-state index is -1.14. The van der Waals surface area contributed by atoms with E-state index >= 15 is 0 Å². The third kappa shape index (κ3) is 2.35. The summed E-state index contributed by atoms with van der Waals surface area (Å²) >= 11 is 0. The molecule has 0 fully saturated rings. The summed E-state index contributed by atoms with van der Waals surface area (Å²) in [5.74, 6) is -0.642. The second-order valence-corrected chi connectivity index (χ2v) is 4.15. The Balaban J connectivity index is 2.46. The van der Waals surface area contributed by atoms with Gasteiger partial charge in [0.2, 0.25) is 5.88 Å². The molecule has 0 amide bonds. The Kier molecular flexibility index (Phi) is 3.12. The molecule has 2 heterocycles. The smallest absolute Gasteiger partial charge is 0.341 e. The Morgan fingerprint density at radius 1 is 1.47 bits per heavy atom.